The molecule has 3 nitrogen and oxygen atoms in total. The van der Waals surface area contributed by atoms with Gasteiger partial charge in [-0.25, -0.2) is 0 Å². The monoisotopic (exact) mass is 625 g/mol. The number of aromatic nitrogens is 3. The zero-order valence-electron chi connectivity index (χ0n) is 26.7. The molecular formula is C46H31N3. The van der Waals surface area contributed by atoms with Gasteiger partial charge < -0.3 is 4.57 Å². The van der Waals surface area contributed by atoms with E-state index in [9.17, 15) is 0 Å². The smallest absolute Gasteiger partial charge is 0.0701 e. The third-order valence-corrected chi connectivity index (χ3v) is 9.34. The Morgan fingerprint density at radius 3 is 1.24 bits per heavy atom. The maximum atomic E-state index is 4.53. The Hall–Kier alpha value is -6.58. The highest BCUT2D eigenvalue weighted by Crippen LogP contribution is 2.38. The molecule has 0 amide bonds. The molecule has 0 N–H and O–H groups in total. The second kappa shape index (κ2) is 12.2. The van der Waals surface area contributed by atoms with Gasteiger partial charge in [0.25, 0.3) is 0 Å². The minimum atomic E-state index is 0.977. The van der Waals surface area contributed by atoms with Crippen molar-refractivity contribution in [2.24, 2.45) is 0 Å². The van der Waals surface area contributed by atoms with Crippen molar-refractivity contribution < 1.29 is 0 Å². The second-order valence-corrected chi connectivity index (χ2v) is 12.3. The third kappa shape index (κ3) is 5.38. The Kier molecular flexibility index (Phi) is 7.14. The summed E-state index contributed by atoms with van der Waals surface area (Å²) in [5.41, 5.74) is 14.7. The summed E-state index contributed by atoms with van der Waals surface area (Å²) in [4.78, 5) is 9.06. The van der Waals surface area contributed by atoms with E-state index in [2.05, 4.69) is 154 Å². The van der Waals surface area contributed by atoms with Crippen LogP contribution in [0.3, 0.4) is 0 Å². The molecule has 230 valence electrons. The summed E-state index contributed by atoms with van der Waals surface area (Å²) in [6.45, 7) is 0. The van der Waals surface area contributed by atoms with E-state index in [1.165, 1.54) is 55.2 Å². The Morgan fingerprint density at radius 2 is 0.735 bits per heavy atom. The first-order valence-electron chi connectivity index (χ1n) is 16.6. The minimum Gasteiger partial charge on any atom is -0.309 e. The fourth-order valence-corrected chi connectivity index (χ4v) is 6.84. The molecule has 0 spiro atoms. The average molecular weight is 626 g/mol. The maximum absolute atomic E-state index is 4.53. The van der Waals surface area contributed by atoms with E-state index in [0.717, 1.165) is 28.2 Å². The van der Waals surface area contributed by atoms with Gasteiger partial charge >= 0.3 is 0 Å². The van der Waals surface area contributed by atoms with Crippen LogP contribution in [-0.4, -0.2) is 14.5 Å². The van der Waals surface area contributed by atoms with Crippen molar-refractivity contribution in [3.05, 3.63) is 188 Å². The fraction of sp³-hybridized carbons (Fsp3) is 0. The molecule has 3 heteroatoms. The molecule has 49 heavy (non-hydrogen) atoms. The van der Waals surface area contributed by atoms with E-state index in [0.29, 0.717) is 0 Å². The predicted octanol–water partition coefficient (Wildman–Crippen LogP) is 11.9. The topological polar surface area (TPSA) is 30.7 Å². The molecule has 0 aliphatic carbocycles. The summed E-state index contributed by atoms with van der Waals surface area (Å²) in [5.74, 6) is 0. The number of hydrogen-bond acceptors (Lipinski definition) is 2. The highest BCUT2D eigenvalue weighted by atomic mass is 15.0. The normalized spacial score (nSPS) is 11.3. The van der Waals surface area contributed by atoms with E-state index >= 15 is 0 Å². The van der Waals surface area contributed by atoms with Gasteiger partial charge in [0.05, 0.1) is 22.4 Å². The summed E-state index contributed by atoms with van der Waals surface area (Å²) in [6, 6.07) is 62.6. The van der Waals surface area contributed by atoms with Crippen molar-refractivity contribution in [2.45, 2.75) is 0 Å². The number of benzene rings is 6. The van der Waals surface area contributed by atoms with Gasteiger partial charge in [-0.15, -0.1) is 0 Å². The first kappa shape index (κ1) is 28.6. The van der Waals surface area contributed by atoms with Crippen molar-refractivity contribution in [3.63, 3.8) is 0 Å². The third-order valence-electron chi connectivity index (χ3n) is 9.34. The molecular weight excluding hydrogens is 595 g/mol. The highest BCUT2D eigenvalue weighted by Gasteiger charge is 2.16. The lowest BCUT2D eigenvalue weighted by atomic mass is 10.00. The van der Waals surface area contributed by atoms with Crippen molar-refractivity contribution in [1.82, 2.24) is 14.5 Å². The average Bonchev–Trinajstić information content (AvgIpc) is 3.52. The summed E-state index contributed by atoms with van der Waals surface area (Å²) in [6.07, 6.45) is 3.68. The molecule has 0 unspecified atom stereocenters. The zero-order valence-corrected chi connectivity index (χ0v) is 26.7. The van der Waals surface area contributed by atoms with Crippen molar-refractivity contribution in [2.75, 3.05) is 0 Å². The fourth-order valence-electron chi connectivity index (χ4n) is 6.84. The summed E-state index contributed by atoms with van der Waals surface area (Å²) in [5, 5.41) is 2.46. The lowest BCUT2D eigenvalue weighted by molar-refractivity contribution is 1.18. The first-order chi connectivity index (χ1) is 24.3. The molecule has 0 bridgehead atoms. The summed E-state index contributed by atoms with van der Waals surface area (Å²) in [7, 11) is 0. The van der Waals surface area contributed by atoms with Gasteiger partial charge in [0.15, 0.2) is 0 Å². The SMILES string of the molecule is c1ccc(-c2cccc(-n3c4cc(-c5ccc(-c6ccccn6)cc5)ccc4c4ccc(-c5ccc(-c6ccccn6)cc5)cc43)c2)cc1. The van der Waals surface area contributed by atoms with Gasteiger partial charge in [-0.3, -0.25) is 9.97 Å². The van der Waals surface area contributed by atoms with Crippen LogP contribution in [-0.2, 0) is 0 Å². The van der Waals surface area contributed by atoms with E-state index in [1.54, 1.807) is 0 Å². The maximum Gasteiger partial charge on any atom is 0.0701 e. The van der Waals surface area contributed by atoms with Gasteiger partial charge in [-0.2, -0.15) is 0 Å². The van der Waals surface area contributed by atoms with Crippen molar-refractivity contribution in [1.29, 1.82) is 0 Å². The largest absolute Gasteiger partial charge is 0.309 e. The molecule has 0 saturated heterocycles. The molecule has 3 heterocycles. The molecule has 9 aromatic rings. The zero-order chi connectivity index (χ0) is 32.6. The van der Waals surface area contributed by atoms with Crippen LogP contribution in [0.1, 0.15) is 0 Å². The van der Waals surface area contributed by atoms with E-state index in [1.807, 2.05) is 48.8 Å². The molecule has 9 rings (SSSR count). The molecule has 0 saturated carbocycles. The number of pyridine rings is 2. The Bertz CT molecular complexity index is 2410. The van der Waals surface area contributed by atoms with Crippen LogP contribution in [0, 0.1) is 0 Å². The highest BCUT2D eigenvalue weighted by molar-refractivity contribution is 6.11. The number of hydrogen-bond donors (Lipinski definition) is 0. The summed E-state index contributed by atoms with van der Waals surface area (Å²) >= 11 is 0. The number of rotatable bonds is 6. The second-order valence-electron chi connectivity index (χ2n) is 12.3. The first-order valence-corrected chi connectivity index (χ1v) is 16.6. The summed E-state index contributed by atoms with van der Waals surface area (Å²) < 4.78 is 2.43. The quantitative estimate of drug-likeness (QED) is 0.184. The molecule has 0 radical (unpaired) electrons. The molecule has 0 aliphatic rings. The van der Waals surface area contributed by atoms with Crippen LogP contribution in [0.25, 0.3) is 83.4 Å². The lowest BCUT2D eigenvalue weighted by Gasteiger charge is -2.12. The van der Waals surface area contributed by atoms with E-state index < -0.39 is 0 Å². The van der Waals surface area contributed by atoms with Crippen LogP contribution < -0.4 is 0 Å². The van der Waals surface area contributed by atoms with Crippen molar-refractivity contribution in [3.8, 4) is 61.6 Å². The number of nitrogens with zero attached hydrogens (tertiary/aromatic N) is 3. The number of fused-ring (bicyclic) bond motifs is 3. The molecule has 6 aromatic carbocycles. The molecule has 0 fully saturated rings. The molecule has 0 atom stereocenters. The van der Waals surface area contributed by atoms with Crippen LogP contribution >= 0.6 is 0 Å². The van der Waals surface area contributed by atoms with Gasteiger partial charge in [-0.05, 0) is 81.9 Å². The van der Waals surface area contributed by atoms with Gasteiger partial charge in [0.2, 0.25) is 0 Å². The standard InChI is InChI=1S/C46H31N3/c1-2-9-32(10-3-1)37-11-8-12-40(29-37)49-45-30-38(33-15-19-35(20-16-33)43-13-4-6-27-47-43)23-25-41(45)42-26-24-39(31-46(42)49)34-17-21-36(22-18-34)44-14-5-7-28-48-44/h1-31H. The Balaban J connectivity index is 1.20. The lowest BCUT2D eigenvalue weighted by Crippen LogP contribution is -1.95. The van der Waals surface area contributed by atoms with Crippen LogP contribution in [0.2, 0.25) is 0 Å². The van der Waals surface area contributed by atoms with Crippen molar-refractivity contribution >= 4 is 21.8 Å². The van der Waals surface area contributed by atoms with Gasteiger partial charge in [0, 0.05) is 40.0 Å². The van der Waals surface area contributed by atoms with Crippen LogP contribution in [0.4, 0.5) is 0 Å². The van der Waals surface area contributed by atoms with Gasteiger partial charge in [-0.1, -0.05) is 127 Å². The van der Waals surface area contributed by atoms with Crippen LogP contribution in [0.15, 0.2) is 188 Å². The minimum absolute atomic E-state index is 0.977. The van der Waals surface area contributed by atoms with Gasteiger partial charge in [0.1, 0.15) is 0 Å². The molecule has 3 aromatic heterocycles. The van der Waals surface area contributed by atoms with E-state index in [-0.39, 0.29) is 0 Å². The Morgan fingerprint density at radius 1 is 0.306 bits per heavy atom. The molecule has 0 aliphatic heterocycles. The van der Waals surface area contributed by atoms with E-state index in [4.69, 9.17) is 0 Å². The van der Waals surface area contributed by atoms with Crippen LogP contribution in [0.5, 0.6) is 0 Å². The predicted molar refractivity (Wildman–Crippen MR) is 204 cm³/mol. The Labute approximate surface area is 285 Å².